The summed E-state index contributed by atoms with van der Waals surface area (Å²) in [4.78, 5) is 8.93. The molecule has 150 valence electrons. The summed E-state index contributed by atoms with van der Waals surface area (Å²) >= 11 is 0. The lowest BCUT2D eigenvalue weighted by molar-refractivity contribution is 0.355. The zero-order chi connectivity index (χ0) is 20.6. The number of aromatic nitrogens is 2. The number of ether oxygens (including phenoxy) is 2. The molecule has 1 aromatic heterocycles. The van der Waals surface area contributed by atoms with Crippen molar-refractivity contribution < 1.29 is 9.47 Å². The van der Waals surface area contributed by atoms with Gasteiger partial charge in [0.05, 0.1) is 19.9 Å². The maximum atomic E-state index is 5.36. The molecule has 2 N–H and O–H groups in total. The Morgan fingerprint density at radius 2 is 1.72 bits per heavy atom. The molecule has 0 atom stereocenters. The second-order valence-electron chi connectivity index (χ2n) is 6.44. The fraction of sp³-hybridized carbons (Fsp3) is 0.227. The van der Waals surface area contributed by atoms with Crippen molar-refractivity contribution in [3.63, 3.8) is 0 Å². The predicted octanol–water partition coefficient (Wildman–Crippen LogP) is 4.25. The fourth-order valence-electron chi connectivity index (χ4n) is 2.75. The molecule has 0 unspecified atom stereocenters. The van der Waals surface area contributed by atoms with E-state index in [4.69, 9.17) is 9.47 Å². The van der Waals surface area contributed by atoms with Gasteiger partial charge in [0.15, 0.2) is 17.3 Å². The van der Waals surface area contributed by atoms with Gasteiger partial charge in [-0.25, -0.2) is 4.98 Å². The van der Waals surface area contributed by atoms with Crippen LogP contribution in [0.5, 0.6) is 11.5 Å². The van der Waals surface area contributed by atoms with E-state index in [1.165, 1.54) is 0 Å². The van der Waals surface area contributed by atoms with Gasteiger partial charge in [-0.3, -0.25) is 5.43 Å². The van der Waals surface area contributed by atoms with Crippen LogP contribution in [0, 0.1) is 6.92 Å². The Bertz CT molecular complexity index is 990. The molecule has 29 heavy (non-hydrogen) atoms. The van der Waals surface area contributed by atoms with Gasteiger partial charge < -0.3 is 14.8 Å². The predicted molar refractivity (Wildman–Crippen MR) is 116 cm³/mol. The minimum Gasteiger partial charge on any atom is -0.493 e. The highest BCUT2D eigenvalue weighted by atomic mass is 16.5. The summed E-state index contributed by atoms with van der Waals surface area (Å²) in [5.74, 6) is 2.51. The van der Waals surface area contributed by atoms with Gasteiger partial charge in [0.25, 0.3) is 0 Å². The molecular weight excluding hydrogens is 366 g/mol. The van der Waals surface area contributed by atoms with Gasteiger partial charge in [0.1, 0.15) is 0 Å². The number of aryl methyl sites for hydroxylation is 1. The van der Waals surface area contributed by atoms with Gasteiger partial charge in [-0.1, -0.05) is 30.3 Å². The number of hydrogen-bond acceptors (Lipinski definition) is 7. The van der Waals surface area contributed by atoms with Crippen molar-refractivity contribution in [1.29, 1.82) is 0 Å². The zero-order valence-electron chi connectivity index (χ0n) is 17.1. The third-order valence-corrected chi connectivity index (χ3v) is 4.29. The molecule has 1 heterocycles. The number of nitrogens with one attached hydrogen (secondary N) is 2. The highest BCUT2D eigenvalue weighted by Gasteiger charge is 2.07. The number of rotatable bonds is 8. The lowest BCUT2D eigenvalue weighted by atomic mass is 10.1. The van der Waals surface area contributed by atoms with Crippen LogP contribution in [-0.2, 0) is 6.54 Å². The second kappa shape index (κ2) is 9.54. The van der Waals surface area contributed by atoms with E-state index in [9.17, 15) is 0 Å². The Morgan fingerprint density at radius 1 is 0.966 bits per heavy atom. The summed E-state index contributed by atoms with van der Waals surface area (Å²) in [7, 11) is 3.22. The highest BCUT2D eigenvalue weighted by Crippen LogP contribution is 2.27. The van der Waals surface area contributed by atoms with E-state index in [-0.39, 0.29) is 0 Å². The van der Waals surface area contributed by atoms with Crippen molar-refractivity contribution in [2.45, 2.75) is 20.4 Å². The third-order valence-electron chi connectivity index (χ3n) is 4.29. The molecule has 0 fully saturated rings. The summed E-state index contributed by atoms with van der Waals surface area (Å²) in [6.07, 6.45) is 0. The minimum absolute atomic E-state index is 0.551. The van der Waals surface area contributed by atoms with Crippen molar-refractivity contribution in [1.82, 2.24) is 9.97 Å². The van der Waals surface area contributed by atoms with Crippen molar-refractivity contribution >= 4 is 17.5 Å². The highest BCUT2D eigenvalue weighted by molar-refractivity contribution is 5.99. The molecule has 7 heteroatoms. The molecule has 3 aromatic rings. The van der Waals surface area contributed by atoms with Gasteiger partial charge in [0, 0.05) is 23.9 Å². The van der Waals surface area contributed by atoms with E-state index in [1.807, 2.05) is 56.3 Å². The normalized spacial score (nSPS) is 11.1. The molecule has 0 radical (unpaired) electrons. The summed E-state index contributed by atoms with van der Waals surface area (Å²) in [6, 6.07) is 17.6. The molecule has 0 aliphatic rings. The third kappa shape index (κ3) is 5.44. The number of methoxy groups -OCH3 is 2. The minimum atomic E-state index is 0.551. The van der Waals surface area contributed by atoms with E-state index in [2.05, 4.69) is 37.9 Å². The molecule has 0 amide bonds. The largest absolute Gasteiger partial charge is 0.493 e. The van der Waals surface area contributed by atoms with Gasteiger partial charge in [0.2, 0.25) is 5.95 Å². The van der Waals surface area contributed by atoms with E-state index in [0.29, 0.717) is 29.8 Å². The van der Waals surface area contributed by atoms with Crippen LogP contribution in [-0.4, -0.2) is 29.9 Å². The van der Waals surface area contributed by atoms with Crippen LogP contribution in [0.3, 0.4) is 0 Å². The van der Waals surface area contributed by atoms with E-state index in [1.54, 1.807) is 14.2 Å². The summed E-state index contributed by atoms with van der Waals surface area (Å²) < 4.78 is 10.6. The molecule has 0 spiro atoms. The zero-order valence-corrected chi connectivity index (χ0v) is 17.1. The van der Waals surface area contributed by atoms with Gasteiger partial charge in [-0.05, 0) is 37.6 Å². The summed E-state index contributed by atoms with van der Waals surface area (Å²) in [6.45, 7) is 4.49. The SMILES string of the molecule is COc1ccc(C(C)=NNc2cc(C)nc(NCc3ccccc3)n2)cc1OC. The Morgan fingerprint density at radius 3 is 2.45 bits per heavy atom. The molecule has 0 saturated carbocycles. The molecule has 7 nitrogen and oxygen atoms in total. The van der Waals surface area contributed by atoms with E-state index < -0.39 is 0 Å². The Hall–Kier alpha value is -3.61. The fourth-order valence-corrected chi connectivity index (χ4v) is 2.75. The number of hydrazone groups is 1. The second-order valence-corrected chi connectivity index (χ2v) is 6.44. The molecule has 0 aliphatic carbocycles. The number of nitrogens with zero attached hydrogens (tertiary/aromatic N) is 3. The molecule has 3 rings (SSSR count). The molecule has 2 aromatic carbocycles. The van der Waals surface area contributed by atoms with Crippen molar-refractivity contribution in [2.75, 3.05) is 25.0 Å². The van der Waals surface area contributed by atoms with Crippen LogP contribution in [0.25, 0.3) is 0 Å². The number of anilines is 2. The van der Waals surface area contributed by atoms with Crippen LogP contribution >= 0.6 is 0 Å². The van der Waals surface area contributed by atoms with Crippen molar-refractivity contribution in [3.8, 4) is 11.5 Å². The van der Waals surface area contributed by atoms with Crippen molar-refractivity contribution in [3.05, 3.63) is 71.4 Å². The van der Waals surface area contributed by atoms with Gasteiger partial charge in [-0.2, -0.15) is 10.1 Å². The first-order valence-electron chi connectivity index (χ1n) is 9.25. The first-order valence-corrected chi connectivity index (χ1v) is 9.25. The molecule has 0 aliphatic heterocycles. The average molecular weight is 391 g/mol. The monoisotopic (exact) mass is 391 g/mol. The number of hydrogen-bond donors (Lipinski definition) is 2. The van der Waals surface area contributed by atoms with Crippen LogP contribution < -0.4 is 20.2 Å². The topological polar surface area (TPSA) is 80.7 Å². The maximum absolute atomic E-state index is 5.36. The van der Waals surface area contributed by atoms with E-state index in [0.717, 1.165) is 22.5 Å². The average Bonchev–Trinajstić information content (AvgIpc) is 2.76. The van der Waals surface area contributed by atoms with Gasteiger partial charge >= 0.3 is 0 Å². The van der Waals surface area contributed by atoms with Crippen molar-refractivity contribution in [2.24, 2.45) is 5.10 Å². The lowest BCUT2D eigenvalue weighted by Gasteiger charge is -2.10. The maximum Gasteiger partial charge on any atom is 0.225 e. The number of benzene rings is 2. The Labute approximate surface area is 170 Å². The smallest absolute Gasteiger partial charge is 0.225 e. The first-order chi connectivity index (χ1) is 14.1. The van der Waals surface area contributed by atoms with Crippen LogP contribution in [0.2, 0.25) is 0 Å². The standard InChI is InChI=1S/C22H25N5O2/c1-15-12-21(25-22(24-15)23-14-17-8-6-5-7-9-17)27-26-16(2)18-10-11-19(28-3)20(13-18)29-4/h5-13H,14H2,1-4H3,(H2,23,24,25,27). The quantitative estimate of drug-likeness (QED) is 0.441. The molecule has 0 saturated heterocycles. The molecular formula is C22H25N5O2. The van der Waals surface area contributed by atoms with E-state index >= 15 is 0 Å². The van der Waals surface area contributed by atoms with Crippen LogP contribution in [0.15, 0.2) is 59.7 Å². The summed E-state index contributed by atoms with van der Waals surface area (Å²) in [5.41, 5.74) is 6.73. The Kier molecular flexibility index (Phi) is 6.63. The lowest BCUT2D eigenvalue weighted by Crippen LogP contribution is -2.07. The van der Waals surface area contributed by atoms with Crippen LogP contribution in [0.1, 0.15) is 23.7 Å². The van der Waals surface area contributed by atoms with Crippen LogP contribution in [0.4, 0.5) is 11.8 Å². The van der Waals surface area contributed by atoms with Gasteiger partial charge in [-0.15, -0.1) is 0 Å². The first kappa shape index (κ1) is 20.1. The molecule has 0 bridgehead atoms. The Balaban J connectivity index is 1.71. The summed E-state index contributed by atoms with van der Waals surface area (Å²) in [5, 5.41) is 7.70.